The second-order valence-electron chi connectivity index (χ2n) is 4.95. The number of nitrogens with two attached hydrogens (primary N) is 1. The summed E-state index contributed by atoms with van der Waals surface area (Å²) in [6, 6.07) is 3.66. The molecular formula is C14H18F3NOS. The van der Waals surface area contributed by atoms with Crippen molar-refractivity contribution in [3.63, 3.8) is 0 Å². The third-order valence-corrected chi connectivity index (χ3v) is 2.98. The lowest BCUT2D eigenvalue weighted by Crippen LogP contribution is -2.18. The van der Waals surface area contributed by atoms with Gasteiger partial charge in [-0.2, -0.15) is 13.2 Å². The van der Waals surface area contributed by atoms with Crippen LogP contribution in [0, 0.1) is 5.92 Å². The van der Waals surface area contributed by atoms with E-state index in [-0.39, 0.29) is 16.3 Å². The van der Waals surface area contributed by atoms with Gasteiger partial charge in [0.2, 0.25) is 0 Å². The van der Waals surface area contributed by atoms with Gasteiger partial charge < -0.3 is 10.5 Å². The van der Waals surface area contributed by atoms with Gasteiger partial charge >= 0.3 is 6.18 Å². The monoisotopic (exact) mass is 305 g/mol. The van der Waals surface area contributed by atoms with Crippen molar-refractivity contribution in [2.24, 2.45) is 11.7 Å². The molecule has 0 aliphatic carbocycles. The van der Waals surface area contributed by atoms with E-state index in [9.17, 15) is 13.2 Å². The van der Waals surface area contributed by atoms with E-state index in [1.165, 1.54) is 12.1 Å². The molecule has 0 heterocycles. The highest BCUT2D eigenvalue weighted by atomic mass is 32.1. The Kier molecular flexibility index (Phi) is 5.80. The Labute approximate surface area is 122 Å². The minimum Gasteiger partial charge on any atom is -0.494 e. The first-order valence-electron chi connectivity index (χ1n) is 6.35. The van der Waals surface area contributed by atoms with Gasteiger partial charge in [-0.05, 0) is 37.0 Å². The first kappa shape index (κ1) is 16.8. The maximum Gasteiger partial charge on any atom is 0.417 e. The molecule has 1 rings (SSSR count). The second-order valence-corrected chi connectivity index (χ2v) is 5.39. The molecular weight excluding hydrogens is 287 g/mol. The van der Waals surface area contributed by atoms with E-state index >= 15 is 0 Å². The van der Waals surface area contributed by atoms with Crippen LogP contribution in [-0.4, -0.2) is 11.6 Å². The molecule has 0 amide bonds. The number of benzene rings is 1. The number of hydrogen-bond acceptors (Lipinski definition) is 2. The molecule has 1 aromatic carbocycles. The fourth-order valence-electron chi connectivity index (χ4n) is 1.74. The van der Waals surface area contributed by atoms with E-state index in [0.29, 0.717) is 12.5 Å². The maximum absolute atomic E-state index is 12.9. The van der Waals surface area contributed by atoms with Gasteiger partial charge in [0, 0.05) is 5.56 Å². The number of ether oxygens (including phenoxy) is 1. The normalized spacial score (nSPS) is 11.7. The summed E-state index contributed by atoms with van der Waals surface area (Å²) in [5.74, 6) is 0.724. The van der Waals surface area contributed by atoms with Gasteiger partial charge in [-0.15, -0.1) is 0 Å². The summed E-state index contributed by atoms with van der Waals surface area (Å²) in [5.41, 5.74) is 4.27. The van der Waals surface area contributed by atoms with Gasteiger partial charge in [0.25, 0.3) is 0 Å². The topological polar surface area (TPSA) is 35.2 Å². The summed E-state index contributed by atoms with van der Waals surface area (Å²) in [7, 11) is 0. The van der Waals surface area contributed by atoms with Crippen molar-refractivity contribution in [3.05, 3.63) is 29.3 Å². The van der Waals surface area contributed by atoms with Crippen molar-refractivity contribution in [2.45, 2.75) is 32.9 Å². The van der Waals surface area contributed by atoms with Crippen molar-refractivity contribution in [3.8, 4) is 5.75 Å². The maximum atomic E-state index is 12.9. The smallest absolute Gasteiger partial charge is 0.417 e. The average molecular weight is 305 g/mol. The number of alkyl halides is 3. The Morgan fingerprint density at radius 3 is 2.50 bits per heavy atom. The molecule has 20 heavy (non-hydrogen) atoms. The Morgan fingerprint density at radius 1 is 1.35 bits per heavy atom. The highest BCUT2D eigenvalue weighted by Crippen LogP contribution is 2.34. The van der Waals surface area contributed by atoms with Gasteiger partial charge in [0.1, 0.15) is 10.7 Å². The van der Waals surface area contributed by atoms with Crippen molar-refractivity contribution < 1.29 is 17.9 Å². The van der Waals surface area contributed by atoms with Gasteiger partial charge in [-0.1, -0.05) is 26.1 Å². The zero-order chi connectivity index (χ0) is 15.3. The van der Waals surface area contributed by atoms with Crippen LogP contribution in [0.25, 0.3) is 0 Å². The standard InChI is InChI=1S/C14H18F3NOS/c1-9(2)4-3-7-19-10-5-6-11(13(18)20)12(8-10)14(15,16)17/h5-6,8-9H,3-4,7H2,1-2H3,(H2,18,20). The third kappa shape index (κ3) is 5.00. The minimum absolute atomic E-state index is 0.179. The molecule has 0 aromatic heterocycles. The number of rotatable bonds is 6. The van der Waals surface area contributed by atoms with Crippen LogP contribution in [0.5, 0.6) is 5.75 Å². The molecule has 1 aromatic rings. The summed E-state index contributed by atoms with van der Waals surface area (Å²) in [5, 5.41) is 0. The second kappa shape index (κ2) is 6.92. The van der Waals surface area contributed by atoms with E-state index < -0.39 is 11.7 Å². The molecule has 0 unspecified atom stereocenters. The van der Waals surface area contributed by atoms with Crippen molar-refractivity contribution in [1.82, 2.24) is 0 Å². The van der Waals surface area contributed by atoms with Crippen LogP contribution in [0.3, 0.4) is 0 Å². The summed E-state index contributed by atoms with van der Waals surface area (Å²) in [4.78, 5) is -0.274. The first-order valence-corrected chi connectivity index (χ1v) is 6.76. The summed E-state index contributed by atoms with van der Waals surface area (Å²) in [6.07, 6.45) is -2.73. The quantitative estimate of drug-likeness (QED) is 0.633. The Balaban J connectivity index is 2.83. The fourth-order valence-corrected chi connectivity index (χ4v) is 1.92. The van der Waals surface area contributed by atoms with Crippen molar-refractivity contribution >= 4 is 17.2 Å². The van der Waals surface area contributed by atoms with Crippen LogP contribution < -0.4 is 10.5 Å². The van der Waals surface area contributed by atoms with E-state index in [4.69, 9.17) is 10.5 Å². The van der Waals surface area contributed by atoms with Gasteiger partial charge in [0.05, 0.1) is 12.2 Å². The van der Waals surface area contributed by atoms with Gasteiger partial charge in [-0.25, -0.2) is 0 Å². The lowest BCUT2D eigenvalue weighted by molar-refractivity contribution is -0.137. The molecule has 0 aliphatic heterocycles. The summed E-state index contributed by atoms with van der Waals surface area (Å²) in [6.45, 7) is 4.55. The van der Waals surface area contributed by atoms with Crippen LogP contribution in [0.1, 0.15) is 37.8 Å². The van der Waals surface area contributed by atoms with Crippen molar-refractivity contribution in [2.75, 3.05) is 6.61 Å². The molecule has 0 saturated carbocycles. The first-order chi connectivity index (χ1) is 9.21. The Morgan fingerprint density at radius 2 is 2.00 bits per heavy atom. The van der Waals surface area contributed by atoms with Crippen LogP contribution in [-0.2, 0) is 6.18 Å². The SMILES string of the molecule is CC(C)CCCOc1ccc(C(N)=S)c(C(F)(F)F)c1. The highest BCUT2D eigenvalue weighted by Gasteiger charge is 2.34. The molecule has 112 valence electrons. The van der Waals surface area contributed by atoms with E-state index in [0.717, 1.165) is 18.9 Å². The molecule has 0 saturated heterocycles. The number of hydrogen-bond donors (Lipinski definition) is 1. The fraction of sp³-hybridized carbons (Fsp3) is 0.500. The number of thiocarbonyl (C=S) groups is 1. The largest absolute Gasteiger partial charge is 0.494 e. The van der Waals surface area contributed by atoms with Crippen LogP contribution in [0.4, 0.5) is 13.2 Å². The molecule has 0 fully saturated rings. The van der Waals surface area contributed by atoms with Gasteiger partial charge in [0.15, 0.2) is 0 Å². The molecule has 0 atom stereocenters. The van der Waals surface area contributed by atoms with Gasteiger partial charge in [-0.3, -0.25) is 0 Å². The Hall–Kier alpha value is -1.30. The third-order valence-electron chi connectivity index (χ3n) is 2.76. The zero-order valence-corrected chi connectivity index (χ0v) is 12.3. The van der Waals surface area contributed by atoms with Crippen LogP contribution in [0.15, 0.2) is 18.2 Å². The lowest BCUT2D eigenvalue weighted by Gasteiger charge is -2.14. The molecule has 0 bridgehead atoms. The number of halogens is 3. The molecule has 2 N–H and O–H groups in total. The predicted molar refractivity (Wildman–Crippen MR) is 76.9 cm³/mol. The molecule has 0 aliphatic rings. The molecule has 6 heteroatoms. The predicted octanol–water partition coefficient (Wildman–Crippen LogP) is 4.15. The molecule has 2 nitrogen and oxygen atoms in total. The highest BCUT2D eigenvalue weighted by molar-refractivity contribution is 7.80. The van der Waals surface area contributed by atoms with E-state index in [1.54, 1.807) is 0 Å². The summed E-state index contributed by atoms with van der Waals surface area (Å²) < 4.78 is 44.1. The average Bonchev–Trinajstić information content (AvgIpc) is 2.33. The lowest BCUT2D eigenvalue weighted by atomic mass is 10.1. The molecule has 0 spiro atoms. The zero-order valence-electron chi connectivity index (χ0n) is 11.5. The van der Waals surface area contributed by atoms with Crippen LogP contribution in [0.2, 0.25) is 0 Å². The molecule has 0 radical (unpaired) electrons. The minimum atomic E-state index is -4.50. The Bertz CT molecular complexity index is 472. The van der Waals surface area contributed by atoms with E-state index in [1.807, 2.05) is 0 Å². The van der Waals surface area contributed by atoms with Crippen LogP contribution >= 0.6 is 12.2 Å². The van der Waals surface area contributed by atoms with Crippen molar-refractivity contribution in [1.29, 1.82) is 0 Å². The summed E-state index contributed by atoms with van der Waals surface area (Å²) >= 11 is 4.63. The van der Waals surface area contributed by atoms with E-state index in [2.05, 4.69) is 26.1 Å².